The monoisotopic (exact) mass is 380 g/mol. The summed E-state index contributed by atoms with van der Waals surface area (Å²) in [5.74, 6) is 1.92. The summed E-state index contributed by atoms with van der Waals surface area (Å²) in [6.07, 6.45) is 2.32. The SMILES string of the molecule is COc1ccccc1C1C2=C(CC(C)(C)CC2=O)OC2=C1C(=O)CC(C)(C)C2. The van der Waals surface area contributed by atoms with Gasteiger partial charge in [0.2, 0.25) is 0 Å². The third-order valence-electron chi connectivity index (χ3n) is 6.03. The quantitative estimate of drug-likeness (QED) is 0.717. The standard InChI is InChI=1S/C24H28O4/c1-23(2)10-15(25)21-18(12-23)28-19-13-24(3,4)11-16(26)22(19)20(21)14-8-6-7-9-17(14)27-5/h6-9,20H,10-13H2,1-5H3. The smallest absolute Gasteiger partial charge is 0.163 e. The van der Waals surface area contributed by atoms with Crippen molar-refractivity contribution in [3.63, 3.8) is 0 Å². The van der Waals surface area contributed by atoms with Gasteiger partial charge in [0.1, 0.15) is 17.3 Å². The van der Waals surface area contributed by atoms with Crippen LogP contribution in [0.3, 0.4) is 0 Å². The Labute approximate surface area is 166 Å². The molecule has 4 rings (SSSR count). The van der Waals surface area contributed by atoms with Crippen molar-refractivity contribution >= 4 is 11.6 Å². The number of carbonyl (C=O) groups excluding carboxylic acids is 2. The van der Waals surface area contributed by atoms with Crippen LogP contribution in [0.25, 0.3) is 0 Å². The lowest BCUT2D eigenvalue weighted by atomic mass is 9.65. The Bertz CT molecular complexity index is 878. The summed E-state index contributed by atoms with van der Waals surface area (Å²) in [6, 6.07) is 7.69. The molecule has 0 radical (unpaired) electrons. The van der Waals surface area contributed by atoms with Crippen molar-refractivity contribution in [3.05, 3.63) is 52.5 Å². The van der Waals surface area contributed by atoms with Crippen LogP contribution in [0.2, 0.25) is 0 Å². The number of Topliss-reactive ketones (excluding diaryl/α,β-unsaturated/α-hetero) is 2. The summed E-state index contributed by atoms with van der Waals surface area (Å²) in [5.41, 5.74) is 1.88. The molecule has 28 heavy (non-hydrogen) atoms. The van der Waals surface area contributed by atoms with Gasteiger partial charge in [0.05, 0.1) is 13.0 Å². The first kappa shape index (κ1) is 19.0. The highest BCUT2D eigenvalue weighted by Crippen LogP contribution is 2.54. The van der Waals surface area contributed by atoms with Crippen molar-refractivity contribution in [1.29, 1.82) is 0 Å². The molecule has 2 aliphatic carbocycles. The second-order valence-corrected chi connectivity index (χ2v) is 9.83. The zero-order chi connectivity index (χ0) is 20.3. The number of hydrogen-bond acceptors (Lipinski definition) is 4. The van der Waals surface area contributed by atoms with E-state index in [1.54, 1.807) is 7.11 Å². The van der Waals surface area contributed by atoms with Crippen molar-refractivity contribution in [1.82, 2.24) is 0 Å². The number of ether oxygens (including phenoxy) is 2. The zero-order valence-corrected chi connectivity index (χ0v) is 17.3. The van der Waals surface area contributed by atoms with Crippen molar-refractivity contribution in [2.75, 3.05) is 7.11 Å². The van der Waals surface area contributed by atoms with E-state index in [2.05, 4.69) is 27.7 Å². The number of carbonyl (C=O) groups is 2. The maximum atomic E-state index is 13.2. The van der Waals surface area contributed by atoms with Gasteiger partial charge in [0, 0.05) is 42.4 Å². The summed E-state index contributed by atoms with van der Waals surface area (Å²) >= 11 is 0. The van der Waals surface area contributed by atoms with Crippen molar-refractivity contribution in [2.45, 2.75) is 59.3 Å². The molecule has 1 aromatic rings. The van der Waals surface area contributed by atoms with Gasteiger partial charge in [-0.15, -0.1) is 0 Å². The van der Waals surface area contributed by atoms with Crippen LogP contribution >= 0.6 is 0 Å². The van der Waals surface area contributed by atoms with Crippen LogP contribution < -0.4 is 4.74 Å². The van der Waals surface area contributed by atoms with Gasteiger partial charge in [0.15, 0.2) is 11.6 Å². The minimum Gasteiger partial charge on any atom is -0.496 e. The number of hydrogen-bond donors (Lipinski definition) is 0. The fourth-order valence-electron chi connectivity index (χ4n) is 4.89. The molecule has 3 aliphatic rings. The van der Waals surface area contributed by atoms with Gasteiger partial charge in [-0.25, -0.2) is 0 Å². The lowest BCUT2D eigenvalue weighted by Crippen LogP contribution is -2.37. The Hall–Kier alpha value is -2.36. The topological polar surface area (TPSA) is 52.6 Å². The average molecular weight is 380 g/mol. The Morgan fingerprint density at radius 3 is 1.86 bits per heavy atom. The van der Waals surface area contributed by atoms with Crippen LogP contribution in [0.15, 0.2) is 46.9 Å². The van der Waals surface area contributed by atoms with E-state index in [9.17, 15) is 9.59 Å². The van der Waals surface area contributed by atoms with Crippen LogP contribution in [0, 0.1) is 10.8 Å². The number of ketones is 2. The second kappa shape index (κ2) is 6.33. The van der Waals surface area contributed by atoms with Crippen LogP contribution in [0.5, 0.6) is 5.75 Å². The van der Waals surface area contributed by atoms with Crippen molar-refractivity contribution < 1.29 is 19.1 Å². The predicted octanol–water partition coefficient (Wildman–Crippen LogP) is 5.10. The molecule has 0 N–H and O–H groups in total. The van der Waals surface area contributed by atoms with E-state index in [0.29, 0.717) is 42.6 Å². The number of para-hydroxylation sites is 1. The van der Waals surface area contributed by atoms with E-state index in [4.69, 9.17) is 9.47 Å². The third-order valence-corrected chi connectivity index (χ3v) is 6.03. The van der Waals surface area contributed by atoms with E-state index in [1.165, 1.54) is 0 Å². The number of rotatable bonds is 2. The van der Waals surface area contributed by atoms with Gasteiger partial charge in [0.25, 0.3) is 0 Å². The molecular formula is C24H28O4. The molecule has 0 atom stereocenters. The Kier molecular flexibility index (Phi) is 4.29. The average Bonchev–Trinajstić information content (AvgIpc) is 2.57. The molecule has 4 heteroatoms. The minimum absolute atomic E-state index is 0.0753. The van der Waals surface area contributed by atoms with Crippen LogP contribution in [-0.2, 0) is 14.3 Å². The molecule has 148 valence electrons. The summed E-state index contributed by atoms with van der Waals surface area (Å²) in [7, 11) is 1.63. The fraction of sp³-hybridized carbons (Fsp3) is 0.500. The van der Waals surface area contributed by atoms with E-state index >= 15 is 0 Å². The summed E-state index contributed by atoms with van der Waals surface area (Å²) in [4.78, 5) is 26.4. The lowest BCUT2D eigenvalue weighted by molar-refractivity contribution is -0.120. The molecular weight excluding hydrogens is 352 g/mol. The van der Waals surface area contributed by atoms with Gasteiger partial charge in [-0.05, 0) is 16.9 Å². The largest absolute Gasteiger partial charge is 0.496 e. The fourth-order valence-corrected chi connectivity index (χ4v) is 4.89. The highest BCUT2D eigenvalue weighted by molar-refractivity contribution is 6.06. The van der Waals surface area contributed by atoms with Gasteiger partial charge in [-0.3, -0.25) is 9.59 Å². The maximum Gasteiger partial charge on any atom is 0.163 e. The van der Waals surface area contributed by atoms with Crippen LogP contribution in [0.4, 0.5) is 0 Å². The van der Waals surface area contributed by atoms with E-state index in [0.717, 1.165) is 17.1 Å². The second-order valence-electron chi connectivity index (χ2n) is 9.83. The van der Waals surface area contributed by atoms with Crippen molar-refractivity contribution in [2.24, 2.45) is 10.8 Å². The van der Waals surface area contributed by atoms with Crippen LogP contribution in [-0.4, -0.2) is 18.7 Å². The van der Waals surface area contributed by atoms with Gasteiger partial charge >= 0.3 is 0 Å². The Morgan fingerprint density at radius 1 is 0.857 bits per heavy atom. The van der Waals surface area contributed by atoms with Crippen LogP contribution in [0.1, 0.15) is 64.9 Å². The zero-order valence-electron chi connectivity index (χ0n) is 17.3. The molecule has 0 saturated carbocycles. The van der Waals surface area contributed by atoms with Gasteiger partial charge in [-0.2, -0.15) is 0 Å². The first-order valence-corrected chi connectivity index (χ1v) is 9.95. The first-order chi connectivity index (χ1) is 13.1. The minimum atomic E-state index is -0.401. The Morgan fingerprint density at radius 2 is 1.36 bits per heavy atom. The third kappa shape index (κ3) is 3.09. The number of allylic oxidation sites excluding steroid dienone is 4. The number of methoxy groups -OCH3 is 1. The summed E-state index contributed by atoms with van der Waals surface area (Å²) < 4.78 is 11.9. The maximum absolute atomic E-state index is 13.2. The molecule has 1 aromatic carbocycles. The molecule has 0 bridgehead atoms. The molecule has 0 spiro atoms. The predicted molar refractivity (Wildman–Crippen MR) is 107 cm³/mol. The normalized spacial score (nSPS) is 23.9. The van der Waals surface area contributed by atoms with E-state index in [1.807, 2.05) is 24.3 Å². The molecule has 0 aromatic heterocycles. The first-order valence-electron chi connectivity index (χ1n) is 9.95. The molecule has 0 fully saturated rings. The highest BCUT2D eigenvalue weighted by Gasteiger charge is 2.48. The molecule has 0 unspecified atom stereocenters. The lowest BCUT2D eigenvalue weighted by Gasteiger charge is -2.42. The van der Waals surface area contributed by atoms with Gasteiger partial charge in [-0.1, -0.05) is 45.9 Å². The highest BCUT2D eigenvalue weighted by atomic mass is 16.5. The Balaban J connectivity index is 1.95. The van der Waals surface area contributed by atoms with E-state index < -0.39 is 5.92 Å². The molecule has 0 amide bonds. The molecule has 1 heterocycles. The van der Waals surface area contributed by atoms with E-state index in [-0.39, 0.29) is 22.4 Å². The summed E-state index contributed by atoms with van der Waals surface area (Å²) in [6.45, 7) is 8.37. The molecule has 1 aliphatic heterocycles. The molecule has 4 nitrogen and oxygen atoms in total. The molecule has 0 saturated heterocycles. The number of benzene rings is 1. The van der Waals surface area contributed by atoms with Crippen molar-refractivity contribution in [3.8, 4) is 5.75 Å². The summed E-state index contributed by atoms with van der Waals surface area (Å²) in [5, 5.41) is 0. The van der Waals surface area contributed by atoms with Gasteiger partial charge < -0.3 is 9.47 Å².